The van der Waals surface area contributed by atoms with Crippen LogP contribution in [0.15, 0.2) is 121 Å². The van der Waals surface area contributed by atoms with Gasteiger partial charge in [0.1, 0.15) is 0 Å². The van der Waals surface area contributed by atoms with Crippen molar-refractivity contribution in [1.82, 2.24) is 0 Å². The summed E-state index contributed by atoms with van der Waals surface area (Å²) in [4.78, 5) is 11.3. The van der Waals surface area contributed by atoms with Crippen LogP contribution in [0.25, 0.3) is 0 Å². The van der Waals surface area contributed by atoms with Crippen LogP contribution >= 0.6 is 0 Å². The summed E-state index contributed by atoms with van der Waals surface area (Å²) in [6.07, 6.45) is 4.54. The summed E-state index contributed by atoms with van der Waals surface area (Å²) in [7, 11) is -4.91. The molecule has 7 heteroatoms. The van der Waals surface area contributed by atoms with Crippen LogP contribution in [0.1, 0.15) is 82.1 Å². The lowest BCUT2D eigenvalue weighted by Crippen LogP contribution is -2.67. The Hall–Kier alpha value is -3.34. The fourth-order valence-corrected chi connectivity index (χ4v) is 19.5. The number of carbonyl (C=O) groups is 1. The Labute approximate surface area is 328 Å². The van der Waals surface area contributed by atoms with Crippen LogP contribution < -0.4 is 26.5 Å². The third kappa shape index (κ3) is 7.59. The molecule has 0 aliphatic heterocycles. The van der Waals surface area contributed by atoms with E-state index in [9.17, 15) is 9.90 Å². The summed E-state index contributed by atoms with van der Waals surface area (Å²) in [6, 6.07) is 43.6. The van der Waals surface area contributed by atoms with Gasteiger partial charge in [-0.1, -0.05) is 178 Å². The number of hydrogen-bond acceptors (Lipinski definition) is 4. The Balaban J connectivity index is 0.000000201. The van der Waals surface area contributed by atoms with Gasteiger partial charge in [0.25, 0.3) is 16.6 Å². The van der Waals surface area contributed by atoms with Crippen LogP contribution in [-0.2, 0) is 13.6 Å². The second kappa shape index (κ2) is 16.0. The maximum Gasteiger partial charge on any atom is 0.307 e. The topological polar surface area (TPSA) is 81.8 Å². The molecule has 0 aromatic heterocycles. The number of carboxylic acids is 1. The van der Waals surface area contributed by atoms with Crippen molar-refractivity contribution < 1.29 is 18.8 Å². The standard InChI is InChI=1S/C23H28O3Si.C22H29NOSi.2CH4/c1-23(2,3)27(17-10-6-4-7-11-17,18-12-8-5-9-13-18)26-16-14-19-20(15-16)21(19)22(24)25;1-22(2,3)25(17-10-6-4-7-11-17,18-12-8-5-9-13-18)24-16-14-19-20(15-16)21(19)23;;/h4-13,16,19-21H,14-15H2,1-3H3,(H,24,25);4-13,16,19-21H,14-15,23H2,1-3H3;2*1H4/t2*16?,19-,20+,21?;;. The molecule has 3 N–H and O–H groups in total. The molecule has 4 aromatic rings. The number of carboxylic acid groups (broad SMARTS) is 1. The second-order valence-corrected chi connectivity index (χ2v) is 26.4. The molecule has 0 saturated heterocycles. The molecule has 0 spiro atoms. The monoisotopic (exact) mass is 763 g/mol. The predicted octanol–water partition coefficient (Wildman–Crippen LogP) is 8.24. The summed E-state index contributed by atoms with van der Waals surface area (Å²) in [6.45, 7) is 13.9. The largest absolute Gasteiger partial charge is 0.481 e. The molecule has 0 radical (unpaired) electrons. The van der Waals surface area contributed by atoms with E-state index in [2.05, 4.69) is 163 Å². The summed E-state index contributed by atoms with van der Waals surface area (Å²) in [5.74, 6) is 1.25. The summed E-state index contributed by atoms with van der Waals surface area (Å²) < 4.78 is 14.3. The highest BCUT2D eigenvalue weighted by Gasteiger charge is 2.62. The van der Waals surface area contributed by atoms with Gasteiger partial charge in [-0.2, -0.15) is 0 Å². The normalized spacial score (nSPS) is 26.9. The quantitative estimate of drug-likeness (QED) is 0.168. The van der Waals surface area contributed by atoms with Crippen molar-refractivity contribution in [3.8, 4) is 0 Å². The molecule has 0 bridgehead atoms. The average Bonchev–Trinajstić information content (AvgIpc) is 3.78. The van der Waals surface area contributed by atoms with Crippen LogP contribution in [0.2, 0.25) is 10.1 Å². The second-order valence-electron chi connectivity index (χ2n) is 17.8. The van der Waals surface area contributed by atoms with Crippen LogP contribution in [0.3, 0.4) is 0 Å². The molecule has 8 rings (SSSR count). The molecule has 290 valence electrons. The molecular weight excluding hydrogens is 699 g/mol. The molecule has 4 aliphatic carbocycles. The molecule has 8 atom stereocenters. The highest BCUT2D eigenvalue weighted by atomic mass is 28.4. The van der Waals surface area contributed by atoms with Crippen LogP contribution in [-0.4, -0.2) is 46.0 Å². The van der Waals surface area contributed by atoms with Crippen molar-refractivity contribution >= 4 is 43.4 Å². The fourth-order valence-electron chi connectivity index (χ4n) is 10.1. The van der Waals surface area contributed by atoms with Gasteiger partial charge < -0.3 is 19.7 Å². The van der Waals surface area contributed by atoms with Gasteiger partial charge in [-0.3, -0.25) is 4.79 Å². The van der Waals surface area contributed by atoms with Crippen LogP contribution in [0, 0.1) is 29.6 Å². The molecule has 4 aromatic carbocycles. The first-order valence-corrected chi connectivity index (χ1v) is 23.2. The molecule has 4 unspecified atom stereocenters. The van der Waals surface area contributed by atoms with Crippen molar-refractivity contribution in [3.63, 3.8) is 0 Å². The van der Waals surface area contributed by atoms with Crippen LogP contribution in [0.4, 0.5) is 0 Å². The van der Waals surface area contributed by atoms with Crippen molar-refractivity contribution in [2.24, 2.45) is 35.3 Å². The van der Waals surface area contributed by atoms with Crippen molar-refractivity contribution in [1.29, 1.82) is 0 Å². The van der Waals surface area contributed by atoms with E-state index in [4.69, 9.17) is 14.6 Å². The highest BCUT2D eigenvalue weighted by molar-refractivity contribution is 7.00. The van der Waals surface area contributed by atoms with E-state index < -0.39 is 22.6 Å². The van der Waals surface area contributed by atoms with Gasteiger partial charge in [-0.25, -0.2) is 0 Å². The molecule has 4 saturated carbocycles. The Morgan fingerprint density at radius 1 is 0.537 bits per heavy atom. The number of rotatable bonds is 9. The zero-order chi connectivity index (χ0) is 36.9. The van der Waals surface area contributed by atoms with Crippen LogP contribution in [0.5, 0.6) is 0 Å². The van der Waals surface area contributed by atoms with Crippen molar-refractivity contribution in [2.75, 3.05) is 0 Å². The zero-order valence-corrected chi connectivity index (χ0v) is 33.7. The molecule has 4 aliphatic rings. The minimum absolute atomic E-state index is 0. The van der Waals surface area contributed by atoms with Gasteiger partial charge in [0.15, 0.2) is 0 Å². The van der Waals surface area contributed by atoms with E-state index >= 15 is 0 Å². The van der Waals surface area contributed by atoms with E-state index in [1.165, 1.54) is 20.7 Å². The van der Waals surface area contributed by atoms with Gasteiger partial charge >= 0.3 is 5.97 Å². The summed E-state index contributed by atoms with van der Waals surface area (Å²) in [5, 5.41) is 14.7. The third-order valence-corrected chi connectivity index (χ3v) is 22.9. The van der Waals surface area contributed by atoms with E-state index in [-0.39, 0.29) is 37.0 Å². The van der Waals surface area contributed by atoms with Gasteiger partial charge in [0, 0.05) is 18.2 Å². The summed E-state index contributed by atoms with van der Waals surface area (Å²) >= 11 is 0. The van der Waals surface area contributed by atoms with E-state index in [1.807, 2.05) is 0 Å². The number of nitrogens with two attached hydrogens (primary N) is 1. The smallest absolute Gasteiger partial charge is 0.307 e. The molecular formula is C47H65NO4Si2. The lowest BCUT2D eigenvalue weighted by Gasteiger charge is -2.45. The minimum Gasteiger partial charge on any atom is -0.481 e. The SMILES string of the molecule is C.C.CC(C)(C)[Si](OC1C[C@@H]2C(C(=O)O)[C@@H]2C1)(c1ccccc1)c1ccccc1.CC(C)(C)[Si](OC1C[C@@H]2C(N)[C@@H]2C1)(c1ccccc1)c1ccccc1. The van der Waals surface area contributed by atoms with E-state index in [0.29, 0.717) is 35.8 Å². The van der Waals surface area contributed by atoms with E-state index in [0.717, 1.165) is 25.7 Å². The zero-order valence-electron chi connectivity index (χ0n) is 31.7. The molecule has 54 heavy (non-hydrogen) atoms. The van der Waals surface area contributed by atoms with Crippen molar-refractivity contribution in [2.45, 2.75) is 110 Å². The maximum atomic E-state index is 11.3. The Bertz CT molecular complexity index is 1710. The fraction of sp³-hybridized carbons (Fsp3) is 0.468. The maximum absolute atomic E-state index is 11.3. The molecule has 5 nitrogen and oxygen atoms in total. The first-order chi connectivity index (χ1) is 24.8. The van der Waals surface area contributed by atoms with Gasteiger partial charge in [0.2, 0.25) is 0 Å². The van der Waals surface area contributed by atoms with Gasteiger partial charge in [-0.15, -0.1) is 0 Å². The molecule has 4 fully saturated rings. The Morgan fingerprint density at radius 3 is 1.04 bits per heavy atom. The third-order valence-electron chi connectivity index (χ3n) is 12.7. The molecule has 0 heterocycles. The number of benzene rings is 4. The summed E-state index contributed by atoms with van der Waals surface area (Å²) in [5.41, 5.74) is 6.16. The lowest BCUT2D eigenvalue weighted by molar-refractivity contribution is -0.139. The van der Waals surface area contributed by atoms with Gasteiger partial charge in [0.05, 0.1) is 5.92 Å². The Morgan fingerprint density at radius 2 is 0.796 bits per heavy atom. The van der Waals surface area contributed by atoms with Crippen molar-refractivity contribution in [3.05, 3.63) is 121 Å². The number of hydrogen-bond donors (Lipinski definition) is 2. The highest BCUT2D eigenvalue weighted by Crippen LogP contribution is 2.59. The minimum atomic E-state index is -2.52. The average molecular weight is 764 g/mol. The Kier molecular flexibility index (Phi) is 12.4. The molecule has 0 amide bonds. The van der Waals surface area contributed by atoms with E-state index in [1.54, 1.807) is 0 Å². The van der Waals surface area contributed by atoms with Gasteiger partial charge in [-0.05, 0) is 80.2 Å². The first-order valence-electron chi connectivity index (χ1n) is 19.3. The predicted molar refractivity (Wildman–Crippen MR) is 230 cm³/mol. The number of fused-ring (bicyclic) bond motifs is 2. The number of aliphatic carboxylic acids is 1. The first kappa shape index (κ1) is 41.8. The lowest BCUT2D eigenvalue weighted by atomic mass is 10.1.